The topological polar surface area (TPSA) is 38.7 Å². The van der Waals surface area contributed by atoms with Crippen LogP contribution in [0, 0.1) is 19.3 Å². The lowest BCUT2D eigenvalue weighted by atomic mass is 9.86. The fourth-order valence-corrected chi connectivity index (χ4v) is 8.12. The highest BCUT2D eigenvalue weighted by Gasteiger charge is 2.19. The van der Waals surface area contributed by atoms with Gasteiger partial charge in [-0.1, -0.05) is 164 Å². The van der Waals surface area contributed by atoms with Crippen LogP contribution in [0.1, 0.15) is 36.1 Å². The smallest absolute Gasteiger partial charge is 0.164 e. The summed E-state index contributed by atoms with van der Waals surface area (Å²) in [5, 5.41) is 4.63. The maximum Gasteiger partial charge on any atom is 0.164 e. The Labute approximate surface area is 346 Å². The van der Waals surface area contributed by atoms with E-state index in [1.54, 1.807) is 0 Å². The van der Waals surface area contributed by atoms with Crippen molar-refractivity contribution in [2.75, 3.05) is 0 Å². The highest BCUT2D eigenvalue weighted by atomic mass is 15.0. The van der Waals surface area contributed by atoms with Gasteiger partial charge in [0.05, 0.1) is 0 Å². The van der Waals surface area contributed by atoms with Crippen LogP contribution in [0.4, 0.5) is 0 Å². The molecule has 0 unspecified atom stereocenters. The molecule has 0 amide bonds. The third-order valence-corrected chi connectivity index (χ3v) is 11.0. The van der Waals surface area contributed by atoms with Gasteiger partial charge in [-0.2, -0.15) is 0 Å². The average Bonchev–Trinajstić information content (AvgIpc) is 3.30. The summed E-state index contributed by atoms with van der Waals surface area (Å²) in [6, 6.07) is 57.2. The molecule has 8 aromatic carbocycles. The van der Waals surface area contributed by atoms with E-state index >= 15 is 0 Å². The van der Waals surface area contributed by atoms with Gasteiger partial charge in [-0.15, -0.1) is 6.42 Å². The van der Waals surface area contributed by atoms with E-state index in [0.29, 0.717) is 17.5 Å². The molecular formula is C56H41N3. The Hall–Kier alpha value is -7.67. The van der Waals surface area contributed by atoms with Crippen LogP contribution in [0.25, 0.3) is 101 Å². The van der Waals surface area contributed by atoms with Gasteiger partial charge in [-0.25, -0.2) is 15.0 Å². The number of aromatic nitrogens is 3. The fourth-order valence-electron chi connectivity index (χ4n) is 8.12. The molecule has 0 saturated carbocycles. The zero-order chi connectivity index (χ0) is 40.3. The quantitative estimate of drug-likeness (QED) is 0.145. The molecule has 0 aliphatic carbocycles. The molecular weight excluding hydrogens is 715 g/mol. The second-order valence-corrected chi connectivity index (χ2v) is 14.7. The number of hydrogen-bond acceptors (Lipinski definition) is 3. The Morgan fingerprint density at radius 3 is 1.44 bits per heavy atom. The van der Waals surface area contributed by atoms with Crippen molar-refractivity contribution in [1.82, 2.24) is 15.0 Å². The van der Waals surface area contributed by atoms with Crippen molar-refractivity contribution in [2.24, 2.45) is 0 Å². The first kappa shape index (κ1) is 36.9. The second-order valence-electron chi connectivity index (χ2n) is 14.7. The SMILES string of the molecule is C#Cc1c(-c2cc(-c3nc(-c4ccccc4)nc(-c4ccc(-c5ccccc5)cc4)n3)cc(-c3cc4ccccc4c(/C=C\C)c3C)c2)cc2ccccc2c1/C=C\C. The number of fused-ring (bicyclic) bond motifs is 2. The van der Waals surface area contributed by atoms with Gasteiger partial charge in [0, 0.05) is 22.3 Å². The van der Waals surface area contributed by atoms with E-state index in [1.165, 1.54) is 21.9 Å². The minimum atomic E-state index is 0.577. The van der Waals surface area contributed by atoms with Gasteiger partial charge in [0.1, 0.15) is 0 Å². The molecule has 280 valence electrons. The molecule has 9 rings (SSSR count). The molecule has 0 N–H and O–H groups in total. The molecule has 3 heteroatoms. The summed E-state index contributed by atoms with van der Waals surface area (Å²) in [7, 11) is 0. The van der Waals surface area contributed by atoms with Gasteiger partial charge in [0.15, 0.2) is 17.5 Å². The van der Waals surface area contributed by atoms with Crippen LogP contribution in [0.5, 0.6) is 0 Å². The van der Waals surface area contributed by atoms with E-state index in [2.05, 4.69) is 171 Å². The van der Waals surface area contributed by atoms with Crippen molar-refractivity contribution in [3.8, 4) is 79.9 Å². The summed E-state index contributed by atoms with van der Waals surface area (Å²) >= 11 is 0. The van der Waals surface area contributed by atoms with E-state index in [1.807, 2.05) is 43.3 Å². The molecule has 1 heterocycles. The molecule has 0 aliphatic heterocycles. The number of hydrogen-bond donors (Lipinski definition) is 0. The van der Waals surface area contributed by atoms with Crippen LogP contribution >= 0.6 is 0 Å². The van der Waals surface area contributed by atoms with Gasteiger partial charge in [-0.3, -0.25) is 0 Å². The summed E-state index contributed by atoms with van der Waals surface area (Å²) < 4.78 is 0. The molecule has 3 nitrogen and oxygen atoms in total. The van der Waals surface area contributed by atoms with Crippen molar-refractivity contribution in [2.45, 2.75) is 20.8 Å². The minimum Gasteiger partial charge on any atom is -0.208 e. The number of terminal acetylenes is 1. The highest BCUT2D eigenvalue weighted by Crippen LogP contribution is 2.41. The average molecular weight is 756 g/mol. The molecule has 9 aromatic rings. The van der Waals surface area contributed by atoms with Crippen LogP contribution in [-0.4, -0.2) is 15.0 Å². The van der Waals surface area contributed by atoms with E-state index < -0.39 is 0 Å². The maximum absolute atomic E-state index is 6.44. The molecule has 0 spiro atoms. The molecule has 1 aromatic heterocycles. The van der Waals surface area contributed by atoms with Crippen molar-refractivity contribution < 1.29 is 0 Å². The first-order chi connectivity index (χ1) is 29.0. The molecule has 0 bridgehead atoms. The van der Waals surface area contributed by atoms with Crippen molar-refractivity contribution in [1.29, 1.82) is 0 Å². The Balaban J connectivity index is 1.32. The summed E-state index contributed by atoms with van der Waals surface area (Å²) in [6.07, 6.45) is 14.9. The third kappa shape index (κ3) is 7.14. The Bertz CT molecular complexity index is 3110. The van der Waals surface area contributed by atoms with Crippen molar-refractivity contribution >= 4 is 33.7 Å². The predicted molar refractivity (Wildman–Crippen MR) is 250 cm³/mol. The zero-order valence-corrected chi connectivity index (χ0v) is 33.3. The first-order valence-corrected chi connectivity index (χ1v) is 20.0. The van der Waals surface area contributed by atoms with E-state index in [-0.39, 0.29) is 0 Å². The zero-order valence-electron chi connectivity index (χ0n) is 33.3. The Morgan fingerprint density at radius 1 is 0.424 bits per heavy atom. The predicted octanol–water partition coefficient (Wildman–Crippen LogP) is 14.5. The van der Waals surface area contributed by atoms with Gasteiger partial charge < -0.3 is 0 Å². The molecule has 0 aliphatic rings. The van der Waals surface area contributed by atoms with Crippen LogP contribution < -0.4 is 0 Å². The largest absolute Gasteiger partial charge is 0.208 e. The monoisotopic (exact) mass is 755 g/mol. The molecule has 0 fully saturated rings. The van der Waals surface area contributed by atoms with Crippen LogP contribution in [0.3, 0.4) is 0 Å². The van der Waals surface area contributed by atoms with E-state index in [9.17, 15) is 0 Å². The fraction of sp³-hybridized carbons (Fsp3) is 0.0536. The molecule has 0 saturated heterocycles. The van der Waals surface area contributed by atoms with Gasteiger partial charge in [-0.05, 0) is 123 Å². The number of nitrogens with zero attached hydrogens (tertiary/aromatic N) is 3. The summed E-state index contributed by atoms with van der Waals surface area (Å²) in [5.41, 5.74) is 13.4. The second kappa shape index (κ2) is 16.1. The Kier molecular flexibility index (Phi) is 10.1. The normalized spacial score (nSPS) is 11.5. The number of benzene rings is 8. The lowest BCUT2D eigenvalue weighted by molar-refractivity contribution is 1.07. The van der Waals surface area contributed by atoms with Gasteiger partial charge in [0.2, 0.25) is 0 Å². The van der Waals surface area contributed by atoms with Crippen LogP contribution in [0.15, 0.2) is 176 Å². The van der Waals surface area contributed by atoms with Gasteiger partial charge in [0.25, 0.3) is 0 Å². The standard InChI is InChI=1S/C56H41N3/c1-5-18-48-37(4)52(35-42-24-14-16-26-49(42)48)44-32-45(53-36-43-25-15-17-27-50(43)51(19-6-2)47(53)7-3)34-46(33-44)56-58-54(40-22-12-9-13-23-40)57-55(59-56)41-30-28-39(29-31-41)38-20-10-8-11-21-38/h3,5-6,8-36H,1-2,4H3/b18-5-,19-6-. The van der Waals surface area contributed by atoms with Crippen molar-refractivity contribution in [3.05, 3.63) is 198 Å². The van der Waals surface area contributed by atoms with Crippen molar-refractivity contribution in [3.63, 3.8) is 0 Å². The summed E-state index contributed by atoms with van der Waals surface area (Å²) in [4.78, 5) is 15.5. The van der Waals surface area contributed by atoms with Crippen LogP contribution in [-0.2, 0) is 0 Å². The number of rotatable bonds is 8. The molecule has 59 heavy (non-hydrogen) atoms. The first-order valence-electron chi connectivity index (χ1n) is 20.0. The number of allylic oxidation sites excluding steroid dienone is 2. The Morgan fingerprint density at radius 2 is 0.847 bits per heavy atom. The lowest BCUT2D eigenvalue weighted by Gasteiger charge is -2.18. The van der Waals surface area contributed by atoms with Gasteiger partial charge >= 0.3 is 0 Å². The summed E-state index contributed by atoms with van der Waals surface area (Å²) in [5.74, 6) is 4.88. The maximum atomic E-state index is 6.44. The highest BCUT2D eigenvalue weighted by molar-refractivity contribution is 6.01. The molecule has 0 radical (unpaired) electrons. The third-order valence-electron chi connectivity index (χ3n) is 11.0. The minimum absolute atomic E-state index is 0.577. The summed E-state index contributed by atoms with van der Waals surface area (Å²) in [6.45, 7) is 6.31. The van der Waals surface area contributed by atoms with Crippen LogP contribution in [0.2, 0.25) is 0 Å². The van der Waals surface area contributed by atoms with E-state index in [4.69, 9.17) is 21.4 Å². The van der Waals surface area contributed by atoms with E-state index in [0.717, 1.165) is 72.0 Å². The lowest BCUT2D eigenvalue weighted by Crippen LogP contribution is -2.01. The molecule has 0 atom stereocenters.